The Balaban J connectivity index is 2.18. The van der Waals surface area contributed by atoms with Crippen molar-refractivity contribution in [3.05, 3.63) is 35.1 Å². The van der Waals surface area contributed by atoms with Gasteiger partial charge in [-0.2, -0.15) is 5.48 Å². The largest absolute Gasteiger partial charge is 0.302 e. The van der Waals surface area contributed by atoms with Crippen molar-refractivity contribution < 1.29 is 9.23 Å². The Morgan fingerprint density at radius 2 is 2.43 bits per heavy atom. The van der Waals surface area contributed by atoms with Crippen LogP contribution in [0.2, 0.25) is 0 Å². The average Bonchev–Trinajstić information content (AvgIpc) is 2.60. The molecule has 0 saturated heterocycles. The van der Waals surface area contributed by atoms with Crippen LogP contribution in [0.15, 0.2) is 18.2 Å². The van der Waals surface area contributed by atoms with Crippen molar-refractivity contribution in [1.82, 2.24) is 5.48 Å². The van der Waals surface area contributed by atoms with Crippen LogP contribution in [-0.4, -0.2) is 6.61 Å². The Labute approximate surface area is 83.0 Å². The van der Waals surface area contributed by atoms with E-state index in [2.05, 4.69) is 5.48 Å². The molecule has 1 aromatic rings. The minimum Gasteiger partial charge on any atom is -0.302 e. The van der Waals surface area contributed by atoms with Crippen LogP contribution in [0.4, 0.5) is 4.39 Å². The zero-order valence-corrected chi connectivity index (χ0v) is 8.22. The minimum absolute atomic E-state index is 0.0942. The number of rotatable bonds is 3. The molecular weight excluding hydrogens is 181 g/mol. The van der Waals surface area contributed by atoms with Gasteiger partial charge in [-0.1, -0.05) is 12.1 Å². The Kier molecular flexibility index (Phi) is 2.79. The van der Waals surface area contributed by atoms with Crippen molar-refractivity contribution in [3.63, 3.8) is 0 Å². The van der Waals surface area contributed by atoms with E-state index in [1.54, 1.807) is 6.07 Å². The number of nitrogens with one attached hydrogen (secondary N) is 1. The van der Waals surface area contributed by atoms with Crippen molar-refractivity contribution in [2.75, 3.05) is 6.61 Å². The highest BCUT2D eigenvalue weighted by atomic mass is 19.1. The monoisotopic (exact) mass is 195 g/mol. The molecule has 0 aromatic heterocycles. The van der Waals surface area contributed by atoms with Gasteiger partial charge in [0.2, 0.25) is 0 Å². The SMILES string of the molecule is CCONC1CCc2c(F)cccc21. The first kappa shape index (κ1) is 9.62. The second-order valence-electron chi connectivity index (χ2n) is 3.45. The van der Waals surface area contributed by atoms with Crippen LogP contribution in [0.1, 0.15) is 30.5 Å². The van der Waals surface area contributed by atoms with Gasteiger partial charge in [-0.15, -0.1) is 0 Å². The van der Waals surface area contributed by atoms with Crippen molar-refractivity contribution in [2.24, 2.45) is 0 Å². The summed E-state index contributed by atoms with van der Waals surface area (Å²) in [5.74, 6) is -0.0942. The molecule has 14 heavy (non-hydrogen) atoms. The first-order chi connectivity index (χ1) is 6.83. The molecule has 1 aromatic carbocycles. The van der Waals surface area contributed by atoms with E-state index in [1.807, 2.05) is 13.0 Å². The first-order valence-corrected chi connectivity index (χ1v) is 4.97. The fourth-order valence-corrected chi connectivity index (χ4v) is 1.92. The molecule has 1 aliphatic carbocycles. The number of benzene rings is 1. The molecule has 1 unspecified atom stereocenters. The maximum atomic E-state index is 13.3. The molecule has 0 amide bonds. The molecule has 0 aliphatic heterocycles. The summed E-state index contributed by atoms with van der Waals surface area (Å²) in [6, 6.07) is 5.38. The van der Waals surface area contributed by atoms with Gasteiger partial charge in [0.15, 0.2) is 0 Å². The zero-order chi connectivity index (χ0) is 9.97. The van der Waals surface area contributed by atoms with Crippen molar-refractivity contribution in [3.8, 4) is 0 Å². The molecule has 0 radical (unpaired) electrons. The van der Waals surface area contributed by atoms with Gasteiger partial charge in [0, 0.05) is 0 Å². The van der Waals surface area contributed by atoms with E-state index in [4.69, 9.17) is 4.84 Å². The van der Waals surface area contributed by atoms with Crippen LogP contribution in [-0.2, 0) is 11.3 Å². The summed E-state index contributed by atoms with van der Waals surface area (Å²) < 4.78 is 13.3. The lowest BCUT2D eigenvalue weighted by molar-refractivity contribution is 0.0244. The lowest BCUT2D eigenvalue weighted by atomic mass is 10.1. The van der Waals surface area contributed by atoms with Crippen LogP contribution in [0.5, 0.6) is 0 Å². The molecule has 2 rings (SSSR count). The standard InChI is InChI=1S/C11H14FNO/c1-2-14-13-11-7-6-8-9(11)4-3-5-10(8)12/h3-5,11,13H,2,6-7H2,1H3. The van der Waals surface area contributed by atoms with Crippen LogP contribution < -0.4 is 5.48 Å². The fraction of sp³-hybridized carbons (Fsp3) is 0.455. The maximum Gasteiger partial charge on any atom is 0.126 e. The van der Waals surface area contributed by atoms with Crippen LogP contribution in [0.25, 0.3) is 0 Å². The zero-order valence-electron chi connectivity index (χ0n) is 8.22. The third-order valence-electron chi connectivity index (χ3n) is 2.58. The van der Waals surface area contributed by atoms with Gasteiger partial charge in [0.25, 0.3) is 0 Å². The molecular formula is C11H14FNO. The number of hydrogen-bond donors (Lipinski definition) is 1. The molecule has 0 heterocycles. The average molecular weight is 195 g/mol. The van der Waals surface area contributed by atoms with E-state index in [-0.39, 0.29) is 11.9 Å². The maximum absolute atomic E-state index is 13.3. The third kappa shape index (κ3) is 1.65. The predicted molar refractivity (Wildman–Crippen MR) is 52.2 cm³/mol. The highest BCUT2D eigenvalue weighted by molar-refractivity contribution is 5.35. The minimum atomic E-state index is -0.0942. The topological polar surface area (TPSA) is 21.3 Å². The van der Waals surface area contributed by atoms with Crippen LogP contribution in [0.3, 0.4) is 0 Å². The van der Waals surface area contributed by atoms with Gasteiger partial charge in [-0.05, 0) is 37.0 Å². The van der Waals surface area contributed by atoms with Crippen molar-refractivity contribution in [1.29, 1.82) is 0 Å². The van der Waals surface area contributed by atoms with Crippen molar-refractivity contribution >= 4 is 0 Å². The predicted octanol–water partition coefficient (Wildman–Crippen LogP) is 2.35. The van der Waals surface area contributed by atoms with E-state index < -0.39 is 0 Å². The van der Waals surface area contributed by atoms with Crippen LogP contribution >= 0.6 is 0 Å². The van der Waals surface area contributed by atoms with E-state index >= 15 is 0 Å². The molecule has 1 aliphatic rings. The van der Waals surface area contributed by atoms with Crippen LogP contribution in [0, 0.1) is 5.82 Å². The Morgan fingerprint density at radius 1 is 1.57 bits per heavy atom. The van der Waals surface area contributed by atoms with Gasteiger partial charge in [0.05, 0.1) is 12.6 Å². The number of fused-ring (bicyclic) bond motifs is 1. The lowest BCUT2D eigenvalue weighted by Crippen LogP contribution is -2.19. The molecule has 76 valence electrons. The Morgan fingerprint density at radius 3 is 3.21 bits per heavy atom. The number of halogens is 1. The second kappa shape index (κ2) is 4.07. The molecule has 1 atom stereocenters. The van der Waals surface area contributed by atoms with E-state index in [0.717, 1.165) is 24.0 Å². The summed E-state index contributed by atoms with van der Waals surface area (Å²) in [5.41, 5.74) is 4.83. The molecule has 2 nitrogen and oxygen atoms in total. The third-order valence-corrected chi connectivity index (χ3v) is 2.58. The molecule has 1 N–H and O–H groups in total. The summed E-state index contributed by atoms with van der Waals surface area (Å²) in [5, 5.41) is 0. The van der Waals surface area contributed by atoms with Gasteiger partial charge in [-0.3, -0.25) is 0 Å². The van der Waals surface area contributed by atoms with Gasteiger partial charge >= 0.3 is 0 Å². The van der Waals surface area contributed by atoms with E-state index in [1.165, 1.54) is 6.07 Å². The highest BCUT2D eigenvalue weighted by Gasteiger charge is 2.24. The molecule has 0 saturated carbocycles. The lowest BCUT2D eigenvalue weighted by Gasteiger charge is -2.12. The van der Waals surface area contributed by atoms with Gasteiger partial charge in [0.1, 0.15) is 5.82 Å². The van der Waals surface area contributed by atoms with Gasteiger partial charge < -0.3 is 4.84 Å². The number of hydroxylamine groups is 1. The quantitative estimate of drug-likeness (QED) is 0.747. The number of hydrogen-bond acceptors (Lipinski definition) is 2. The second-order valence-corrected chi connectivity index (χ2v) is 3.45. The summed E-state index contributed by atoms with van der Waals surface area (Å²) in [4.78, 5) is 5.14. The van der Waals surface area contributed by atoms with Crippen molar-refractivity contribution in [2.45, 2.75) is 25.8 Å². The molecule has 0 fully saturated rings. The van der Waals surface area contributed by atoms with E-state index in [9.17, 15) is 4.39 Å². The molecule has 0 bridgehead atoms. The Hall–Kier alpha value is -0.930. The molecule has 3 heteroatoms. The first-order valence-electron chi connectivity index (χ1n) is 4.97. The summed E-state index contributed by atoms with van der Waals surface area (Å²) in [6.45, 7) is 2.55. The fourth-order valence-electron chi connectivity index (χ4n) is 1.92. The Bertz CT molecular complexity index is 327. The van der Waals surface area contributed by atoms with E-state index in [0.29, 0.717) is 6.61 Å². The molecule has 0 spiro atoms. The summed E-state index contributed by atoms with van der Waals surface area (Å²) in [7, 11) is 0. The summed E-state index contributed by atoms with van der Waals surface area (Å²) >= 11 is 0. The normalized spacial score (nSPS) is 19.7. The smallest absolute Gasteiger partial charge is 0.126 e. The summed E-state index contributed by atoms with van der Waals surface area (Å²) in [6.07, 6.45) is 1.71. The van der Waals surface area contributed by atoms with Gasteiger partial charge in [-0.25, -0.2) is 4.39 Å². The highest BCUT2D eigenvalue weighted by Crippen LogP contribution is 2.32.